The molecule has 0 aliphatic heterocycles. The minimum absolute atomic E-state index is 0.0106. The molecular weight excluding hydrogens is 174 g/mol. The average Bonchev–Trinajstić information content (AvgIpc) is 2.10. The summed E-state index contributed by atoms with van der Waals surface area (Å²) in [5, 5.41) is 10.3. The summed E-state index contributed by atoms with van der Waals surface area (Å²) in [5.74, 6) is 1.41. The molecule has 1 aliphatic rings. The molecule has 0 radical (unpaired) electrons. The molecule has 84 valence electrons. The van der Waals surface area contributed by atoms with E-state index < -0.39 is 5.60 Å². The Balaban J connectivity index is 2.55. The maximum absolute atomic E-state index is 10.3. The first-order valence-corrected chi connectivity index (χ1v) is 5.97. The first kappa shape index (κ1) is 12.0. The van der Waals surface area contributed by atoms with Crippen molar-refractivity contribution in [3.05, 3.63) is 0 Å². The summed E-state index contributed by atoms with van der Waals surface area (Å²) in [6, 6.07) is -0.0106. The maximum Gasteiger partial charge on any atom is 0.0798 e. The lowest BCUT2D eigenvalue weighted by Crippen LogP contribution is -2.52. The monoisotopic (exact) mass is 199 g/mol. The first-order valence-electron chi connectivity index (χ1n) is 5.97. The normalized spacial score (nSPS) is 39.0. The van der Waals surface area contributed by atoms with Gasteiger partial charge in [0.25, 0.3) is 0 Å². The summed E-state index contributed by atoms with van der Waals surface area (Å²) in [4.78, 5) is 0. The maximum atomic E-state index is 10.3. The molecule has 0 aromatic rings. The summed E-state index contributed by atoms with van der Waals surface area (Å²) in [6.07, 6.45) is 4.91. The fourth-order valence-corrected chi connectivity index (χ4v) is 2.63. The van der Waals surface area contributed by atoms with Gasteiger partial charge in [-0.15, -0.1) is 0 Å². The molecule has 0 saturated heterocycles. The molecule has 0 aromatic heterocycles. The Kier molecular flexibility index (Phi) is 3.96. The predicted octanol–water partition coefficient (Wildman–Crippen LogP) is 2.30. The summed E-state index contributed by atoms with van der Waals surface area (Å²) >= 11 is 0. The Morgan fingerprint density at radius 2 is 2.14 bits per heavy atom. The van der Waals surface area contributed by atoms with E-state index >= 15 is 0 Å². The zero-order chi connectivity index (χ0) is 10.8. The smallest absolute Gasteiger partial charge is 0.0798 e. The Hall–Kier alpha value is -0.0800. The number of aliphatic hydroxyl groups is 1. The van der Waals surface area contributed by atoms with Gasteiger partial charge in [-0.25, -0.2) is 0 Å². The van der Waals surface area contributed by atoms with Crippen LogP contribution in [0.15, 0.2) is 0 Å². The van der Waals surface area contributed by atoms with Crippen molar-refractivity contribution in [2.24, 2.45) is 17.6 Å². The SMILES string of the molecule is CCCC1(O)CCC(C(C)C)CC1N. The van der Waals surface area contributed by atoms with E-state index in [4.69, 9.17) is 5.73 Å². The second kappa shape index (κ2) is 4.63. The van der Waals surface area contributed by atoms with Crippen molar-refractivity contribution in [1.82, 2.24) is 0 Å². The summed E-state index contributed by atoms with van der Waals surface area (Å²) < 4.78 is 0. The van der Waals surface area contributed by atoms with Crippen LogP contribution in [0, 0.1) is 11.8 Å². The van der Waals surface area contributed by atoms with Crippen molar-refractivity contribution in [3.8, 4) is 0 Å². The van der Waals surface area contributed by atoms with E-state index in [0.717, 1.165) is 32.1 Å². The zero-order valence-electron chi connectivity index (χ0n) is 9.79. The van der Waals surface area contributed by atoms with Crippen molar-refractivity contribution in [2.75, 3.05) is 0 Å². The van der Waals surface area contributed by atoms with E-state index in [1.54, 1.807) is 0 Å². The van der Waals surface area contributed by atoms with Crippen molar-refractivity contribution in [3.63, 3.8) is 0 Å². The van der Waals surface area contributed by atoms with Gasteiger partial charge in [0.05, 0.1) is 5.60 Å². The van der Waals surface area contributed by atoms with E-state index in [0.29, 0.717) is 11.8 Å². The van der Waals surface area contributed by atoms with Crippen LogP contribution in [0.4, 0.5) is 0 Å². The fourth-order valence-electron chi connectivity index (χ4n) is 2.63. The quantitative estimate of drug-likeness (QED) is 0.732. The van der Waals surface area contributed by atoms with Crippen LogP contribution in [-0.2, 0) is 0 Å². The van der Waals surface area contributed by atoms with Gasteiger partial charge in [0.1, 0.15) is 0 Å². The molecular formula is C12H25NO. The minimum Gasteiger partial charge on any atom is -0.388 e. The van der Waals surface area contributed by atoms with Gasteiger partial charge in [-0.3, -0.25) is 0 Å². The summed E-state index contributed by atoms with van der Waals surface area (Å²) in [7, 11) is 0. The van der Waals surface area contributed by atoms with Gasteiger partial charge in [-0.05, 0) is 37.5 Å². The number of hydrogen-bond donors (Lipinski definition) is 2. The second-order valence-corrected chi connectivity index (χ2v) is 5.24. The van der Waals surface area contributed by atoms with Crippen LogP contribution in [0.25, 0.3) is 0 Å². The second-order valence-electron chi connectivity index (χ2n) is 5.24. The van der Waals surface area contributed by atoms with Crippen LogP contribution in [0.5, 0.6) is 0 Å². The third-order valence-electron chi connectivity index (χ3n) is 3.82. The van der Waals surface area contributed by atoms with Gasteiger partial charge in [-0.2, -0.15) is 0 Å². The lowest BCUT2D eigenvalue weighted by atomic mass is 9.70. The molecule has 2 nitrogen and oxygen atoms in total. The zero-order valence-corrected chi connectivity index (χ0v) is 9.79. The molecule has 0 bridgehead atoms. The minimum atomic E-state index is -0.569. The van der Waals surface area contributed by atoms with Crippen molar-refractivity contribution >= 4 is 0 Å². The van der Waals surface area contributed by atoms with Gasteiger partial charge < -0.3 is 10.8 Å². The van der Waals surface area contributed by atoms with Gasteiger partial charge in [0.2, 0.25) is 0 Å². The molecule has 3 N–H and O–H groups in total. The topological polar surface area (TPSA) is 46.2 Å². The van der Waals surface area contributed by atoms with Crippen LogP contribution >= 0.6 is 0 Å². The highest BCUT2D eigenvalue weighted by atomic mass is 16.3. The highest BCUT2D eigenvalue weighted by Crippen LogP contribution is 2.37. The first-order chi connectivity index (χ1) is 6.49. The van der Waals surface area contributed by atoms with Crippen LogP contribution < -0.4 is 5.73 Å². The van der Waals surface area contributed by atoms with Gasteiger partial charge in [0, 0.05) is 6.04 Å². The molecule has 0 amide bonds. The molecule has 1 fully saturated rings. The lowest BCUT2D eigenvalue weighted by molar-refractivity contribution is -0.0401. The van der Waals surface area contributed by atoms with Gasteiger partial charge >= 0.3 is 0 Å². The Morgan fingerprint density at radius 3 is 2.57 bits per heavy atom. The number of nitrogens with two attached hydrogens (primary N) is 1. The molecule has 3 unspecified atom stereocenters. The van der Waals surface area contributed by atoms with Gasteiger partial charge in [-0.1, -0.05) is 27.2 Å². The highest BCUT2D eigenvalue weighted by molar-refractivity contribution is 4.95. The Labute approximate surface area is 87.9 Å². The molecule has 0 spiro atoms. The molecule has 3 atom stereocenters. The van der Waals surface area contributed by atoms with Crippen molar-refractivity contribution in [2.45, 2.75) is 64.5 Å². The Morgan fingerprint density at radius 1 is 1.50 bits per heavy atom. The average molecular weight is 199 g/mol. The molecule has 0 heterocycles. The molecule has 2 heteroatoms. The molecule has 0 aromatic carbocycles. The standard InChI is InChI=1S/C12H25NO/c1-4-6-12(14)7-5-10(9(2)3)8-11(12)13/h9-11,14H,4-8,13H2,1-3H3. The van der Waals surface area contributed by atoms with E-state index in [2.05, 4.69) is 20.8 Å². The third-order valence-corrected chi connectivity index (χ3v) is 3.82. The van der Waals surface area contributed by atoms with Gasteiger partial charge in [0.15, 0.2) is 0 Å². The van der Waals surface area contributed by atoms with Crippen LogP contribution in [-0.4, -0.2) is 16.7 Å². The van der Waals surface area contributed by atoms with E-state index in [-0.39, 0.29) is 6.04 Å². The van der Waals surface area contributed by atoms with E-state index in [1.807, 2.05) is 0 Å². The molecule has 1 saturated carbocycles. The Bertz CT molecular complexity index is 181. The van der Waals surface area contributed by atoms with Crippen LogP contribution in [0.3, 0.4) is 0 Å². The third kappa shape index (κ3) is 2.48. The van der Waals surface area contributed by atoms with Crippen molar-refractivity contribution in [1.29, 1.82) is 0 Å². The molecule has 1 rings (SSSR count). The molecule has 14 heavy (non-hydrogen) atoms. The van der Waals surface area contributed by atoms with E-state index in [1.165, 1.54) is 0 Å². The molecule has 1 aliphatic carbocycles. The van der Waals surface area contributed by atoms with Crippen molar-refractivity contribution < 1.29 is 5.11 Å². The predicted molar refractivity (Wildman–Crippen MR) is 60.0 cm³/mol. The summed E-state index contributed by atoms with van der Waals surface area (Å²) in [5.41, 5.74) is 5.51. The number of rotatable bonds is 3. The fraction of sp³-hybridized carbons (Fsp3) is 1.00. The van der Waals surface area contributed by atoms with Crippen LogP contribution in [0.2, 0.25) is 0 Å². The lowest BCUT2D eigenvalue weighted by Gasteiger charge is -2.42. The largest absolute Gasteiger partial charge is 0.388 e. The van der Waals surface area contributed by atoms with E-state index in [9.17, 15) is 5.11 Å². The highest BCUT2D eigenvalue weighted by Gasteiger charge is 2.39. The number of hydrogen-bond acceptors (Lipinski definition) is 2. The van der Waals surface area contributed by atoms with Crippen LogP contribution in [0.1, 0.15) is 52.9 Å². The summed E-state index contributed by atoms with van der Waals surface area (Å²) in [6.45, 7) is 6.61.